The van der Waals surface area contributed by atoms with Crippen LogP contribution in [0.15, 0.2) is 53.9 Å². The van der Waals surface area contributed by atoms with Crippen LogP contribution in [0.3, 0.4) is 0 Å². The van der Waals surface area contributed by atoms with Crippen molar-refractivity contribution in [1.29, 1.82) is 0 Å². The number of carbonyl (C=O) groups excluding carboxylic acids is 1. The fourth-order valence-electron chi connectivity index (χ4n) is 2.15. The topological polar surface area (TPSA) is 26.3 Å². The van der Waals surface area contributed by atoms with Gasteiger partial charge >= 0.3 is 5.97 Å². The third-order valence-corrected chi connectivity index (χ3v) is 4.51. The summed E-state index contributed by atoms with van der Waals surface area (Å²) >= 11 is 7.51. The maximum Gasteiger partial charge on any atom is 0.338 e. The molecule has 4 heteroatoms. The molecule has 0 unspecified atom stereocenters. The fourth-order valence-corrected chi connectivity index (χ4v) is 3.27. The minimum absolute atomic E-state index is 0.314. The molecule has 1 heterocycles. The lowest BCUT2D eigenvalue weighted by Gasteiger charge is -2.04. The quantitative estimate of drug-likeness (QED) is 0.636. The molecule has 0 aliphatic rings. The third kappa shape index (κ3) is 3.26. The zero-order valence-electron chi connectivity index (χ0n) is 11.2. The van der Waals surface area contributed by atoms with E-state index in [0.29, 0.717) is 17.2 Å². The summed E-state index contributed by atoms with van der Waals surface area (Å²) in [5.74, 6) is -0.314. The van der Waals surface area contributed by atoms with Crippen LogP contribution >= 0.6 is 22.9 Å². The average Bonchev–Trinajstić information content (AvgIpc) is 2.91. The number of hydrogen-bond donors (Lipinski definition) is 0. The van der Waals surface area contributed by atoms with Gasteiger partial charge in [-0.25, -0.2) is 4.79 Å². The molecule has 2 aromatic carbocycles. The maximum absolute atomic E-state index is 11.9. The molecule has 106 valence electrons. The van der Waals surface area contributed by atoms with Crippen molar-refractivity contribution >= 4 is 39.0 Å². The molecule has 0 aliphatic heterocycles. The zero-order valence-corrected chi connectivity index (χ0v) is 12.8. The number of thiophene rings is 1. The fraction of sp³-hybridized carbons (Fsp3) is 0.118. The second kappa shape index (κ2) is 6.29. The summed E-state index contributed by atoms with van der Waals surface area (Å²) in [5, 5.41) is 3.97. The van der Waals surface area contributed by atoms with Crippen LogP contribution in [0.4, 0.5) is 0 Å². The lowest BCUT2D eigenvalue weighted by Crippen LogP contribution is -2.07. The van der Waals surface area contributed by atoms with Gasteiger partial charge in [0.15, 0.2) is 0 Å². The lowest BCUT2D eigenvalue weighted by atomic mass is 10.1. The molecule has 0 saturated heterocycles. The van der Waals surface area contributed by atoms with Crippen LogP contribution in [0.2, 0.25) is 5.02 Å². The molecule has 0 aliphatic carbocycles. The summed E-state index contributed by atoms with van der Waals surface area (Å²) in [4.78, 5) is 11.9. The van der Waals surface area contributed by atoms with E-state index in [2.05, 4.69) is 17.5 Å². The first-order valence-electron chi connectivity index (χ1n) is 6.62. The standard InChI is InChI=1S/C17H13ClO2S/c18-14-7-5-12(6-8-14)17(19)20-10-9-13-11-21-16-4-2-1-3-15(13)16/h1-8,11H,9-10H2. The van der Waals surface area contributed by atoms with Crippen molar-refractivity contribution in [3.05, 3.63) is 70.1 Å². The molecule has 2 nitrogen and oxygen atoms in total. The Labute approximate surface area is 131 Å². The van der Waals surface area contributed by atoms with Gasteiger partial charge in [0.25, 0.3) is 0 Å². The van der Waals surface area contributed by atoms with Gasteiger partial charge in [0.1, 0.15) is 0 Å². The van der Waals surface area contributed by atoms with Crippen LogP contribution < -0.4 is 0 Å². The van der Waals surface area contributed by atoms with Crippen molar-refractivity contribution in [2.45, 2.75) is 6.42 Å². The number of benzene rings is 2. The second-order valence-corrected chi connectivity index (χ2v) is 6.00. The number of fused-ring (bicyclic) bond motifs is 1. The number of esters is 1. The van der Waals surface area contributed by atoms with Crippen LogP contribution in [0.5, 0.6) is 0 Å². The Morgan fingerprint density at radius 3 is 2.67 bits per heavy atom. The van der Waals surface area contributed by atoms with E-state index in [4.69, 9.17) is 16.3 Å². The smallest absolute Gasteiger partial charge is 0.338 e. The van der Waals surface area contributed by atoms with Gasteiger partial charge in [-0.2, -0.15) is 0 Å². The van der Waals surface area contributed by atoms with Crippen LogP contribution in [-0.4, -0.2) is 12.6 Å². The van der Waals surface area contributed by atoms with Gasteiger partial charge < -0.3 is 4.74 Å². The zero-order chi connectivity index (χ0) is 14.7. The Kier molecular flexibility index (Phi) is 4.23. The second-order valence-electron chi connectivity index (χ2n) is 4.65. The highest BCUT2D eigenvalue weighted by molar-refractivity contribution is 7.17. The summed E-state index contributed by atoms with van der Waals surface area (Å²) in [5.41, 5.74) is 1.74. The molecule has 0 spiro atoms. The maximum atomic E-state index is 11.9. The summed E-state index contributed by atoms with van der Waals surface area (Å²) in [7, 11) is 0. The highest BCUT2D eigenvalue weighted by atomic mass is 35.5. The molecule has 0 amide bonds. The van der Waals surface area contributed by atoms with Crippen molar-refractivity contribution in [1.82, 2.24) is 0 Å². The molecule has 1 aromatic heterocycles. The summed E-state index contributed by atoms with van der Waals surface area (Å²) in [6.07, 6.45) is 0.726. The number of carbonyl (C=O) groups is 1. The summed E-state index contributed by atoms with van der Waals surface area (Å²) < 4.78 is 6.57. The van der Waals surface area contributed by atoms with E-state index in [0.717, 1.165) is 6.42 Å². The first kappa shape index (κ1) is 14.1. The van der Waals surface area contributed by atoms with Crippen molar-refractivity contribution in [3.63, 3.8) is 0 Å². The SMILES string of the molecule is O=C(OCCc1csc2ccccc12)c1ccc(Cl)cc1. The van der Waals surface area contributed by atoms with Crippen LogP contribution in [0.25, 0.3) is 10.1 Å². The van der Waals surface area contributed by atoms with Crippen molar-refractivity contribution in [2.24, 2.45) is 0 Å². The van der Waals surface area contributed by atoms with E-state index in [1.807, 2.05) is 12.1 Å². The molecule has 0 saturated carbocycles. The minimum Gasteiger partial charge on any atom is -0.462 e. The van der Waals surface area contributed by atoms with Gasteiger partial charge in [0.05, 0.1) is 12.2 Å². The van der Waals surface area contributed by atoms with Crippen LogP contribution in [0.1, 0.15) is 15.9 Å². The molecule has 0 bridgehead atoms. The monoisotopic (exact) mass is 316 g/mol. The molecule has 21 heavy (non-hydrogen) atoms. The number of rotatable bonds is 4. The summed E-state index contributed by atoms with van der Waals surface area (Å²) in [6, 6.07) is 15.0. The van der Waals surface area contributed by atoms with E-state index in [1.54, 1.807) is 35.6 Å². The molecule has 3 aromatic rings. The van der Waals surface area contributed by atoms with Crippen LogP contribution in [0, 0.1) is 0 Å². The predicted octanol–water partition coefficient (Wildman–Crippen LogP) is 4.95. The Balaban J connectivity index is 1.61. The van der Waals surface area contributed by atoms with Gasteiger partial charge in [-0.05, 0) is 46.7 Å². The first-order chi connectivity index (χ1) is 10.2. The molecule has 0 fully saturated rings. The predicted molar refractivity (Wildman–Crippen MR) is 87.3 cm³/mol. The van der Waals surface area contributed by atoms with Crippen molar-refractivity contribution < 1.29 is 9.53 Å². The molecule has 3 rings (SSSR count). The number of halogens is 1. The van der Waals surface area contributed by atoms with Crippen LogP contribution in [-0.2, 0) is 11.2 Å². The van der Waals surface area contributed by atoms with E-state index >= 15 is 0 Å². The van der Waals surface area contributed by atoms with Crippen molar-refractivity contribution in [3.8, 4) is 0 Å². The van der Waals surface area contributed by atoms with Crippen molar-refractivity contribution in [2.75, 3.05) is 6.61 Å². The summed E-state index contributed by atoms with van der Waals surface area (Å²) in [6.45, 7) is 0.377. The Bertz CT molecular complexity index is 762. The van der Waals surface area contributed by atoms with E-state index < -0.39 is 0 Å². The van der Waals surface area contributed by atoms with Gasteiger partial charge in [-0.1, -0.05) is 29.8 Å². The van der Waals surface area contributed by atoms with E-state index in [9.17, 15) is 4.79 Å². The average molecular weight is 317 g/mol. The number of hydrogen-bond acceptors (Lipinski definition) is 3. The highest BCUT2D eigenvalue weighted by Gasteiger charge is 2.08. The molecule has 0 radical (unpaired) electrons. The molecule has 0 N–H and O–H groups in total. The Morgan fingerprint density at radius 1 is 1.10 bits per heavy atom. The van der Waals surface area contributed by atoms with E-state index in [1.165, 1.54) is 15.6 Å². The molecular weight excluding hydrogens is 304 g/mol. The van der Waals surface area contributed by atoms with Gasteiger partial charge in [-0.3, -0.25) is 0 Å². The van der Waals surface area contributed by atoms with Gasteiger partial charge in [-0.15, -0.1) is 11.3 Å². The third-order valence-electron chi connectivity index (χ3n) is 3.25. The first-order valence-corrected chi connectivity index (χ1v) is 7.87. The van der Waals surface area contributed by atoms with Gasteiger partial charge in [0, 0.05) is 16.1 Å². The molecule has 0 atom stereocenters. The largest absolute Gasteiger partial charge is 0.462 e. The molecular formula is C17H13ClO2S. The Morgan fingerprint density at radius 2 is 1.86 bits per heavy atom. The number of ether oxygens (including phenoxy) is 1. The Hall–Kier alpha value is -1.84. The minimum atomic E-state index is -0.314. The lowest BCUT2D eigenvalue weighted by molar-refractivity contribution is 0.0509. The highest BCUT2D eigenvalue weighted by Crippen LogP contribution is 2.25. The van der Waals surface area contributed by atoms with E-state index in [-0.39, 0.29) is 5.97 Å². The normalized spacial score (nSPS) is 10.7. The van der Waals surface area contributed by atoms with Gasteiger partial charge in [0.2, 0.25) is 0 Å².